The first-order valence-corrected chi connectivity index (χ1v) is 11.2. The zero-order valence-electron chi connectivity index (χ0n) is 17.6. The summed E-state index contributed by atoms with van der Waals surface area (Å²) in [6.07, 6.45) is 4.05. The Hall–Kier alpha value is -2.37. The molecule has 2 aromatic carbocycles. The Morgan fingerprint density at radius 2 is 1.50 bits per heavy atom. The van der Waals surface area contributed by atoms with E-state index in [9.17, 15) is 9.90 Å². The van der Waals surface area contributed by atoms with Gasteiger partial charge in [0.1, 0.15) is 11.5 Å². The molecule has 4 rings (SSSR count). The third kappa shape index (κ3) is 5.61. The molecular formula is C25H32N2O3. The fourth-order valence-electron chi connectivity index (χ4n) is 4.45. The maximum atomic E-state index is 12.4. The van der Waals surface area contributed by atoms with Crippen LogP contribution in [0.4, 0.5) is 0 Å². The molecule has 0 spiro atoms. The third-order valence-corrected chi connectivity index (χ3v) is 6.38. The highest BCUT2D eigenvalue weighted by Gasteiger charge is 2.24. The maximum Gasteiger partial charge on any atom is 0.223 e. The number of aliphatic hydroxyl groups is 1. The molecule has 1 amide bonds. The SMILES string of the molecule is O=C(CCN1CCC(c2ccc(Oc3ccccc3)cc2)CC1)N1CCC(O)CC1. The van der Waals surface area contributed by atoms with Crippen LogP contribution in [0, 0.1) is 0 Å². The molecule has 0 aliphatic carbocycles. The number of carbonyl (C=O) groups excluding carboxylic acids is 1. The number of piperidine rings is 2. The molecule has 2 aliphatic rings. The van der Waals surface area contributed by atoms with Gasteiger partial charge < -0.3 is 19.6 Å². The molecule has 30 heavy (non-hydrogen) atoms. The molecule has 0 bridgehead atoms. The van der Waals surface area contributed by atoms with Crippen LogP contribution in [-0.4, -0.2) is 59.6 Å². The van der Waals surface area contributed by atoms with Crippen molar-refractivity contribution in [1.29, 1.82) is 0 Å². The van der Waals surface area contributed by atoms with E-state index in [1.807, 2.05) is 35.2 Å². The normalized spacial score (nSPS) is 19.0. The minimum Gasteiger partial charge on any atom is -0.457 e. The summed E-state index contributed by atoms with van der Waals surface area (Å²) in [6.45, 7) is 4.32. The van der Waals surface area contributed by atoms with Gasteiger partial charge in [-0.1, -0.05) is 30.3 Å². The summed E-state index contributed by atoms with van der Waals surface area (Å²) >= 11 is 0. The second kappa shape index (κ2) is 10.1. The number of hydrogen-bond donors (Lipinski definition) is 1. The quantitative estimate of drug-likeness (QED) is 0.784. The summed E-state index contributed by atoms with van der Waals surface area (Å²) in [5.41, 5.74) is 1.37. The second-order valence-electron chi connectivity index (χ2n) is 8.46. The average molecular weight is 409 g/mol. The van der Waals surface area contributed by atoms with Crippen molar-refractivity contribution in [3.05, 3.63) is 60.2 Å². The minimum atomic E-state index is -0.230. The monoisotopic (exact) mass is 408 g/mol. The predicted octanol–water partition coefficient (Wildman–Crippen LogP) is 4.03. The van der Waals surface area contributed by atoms with Crippen molar-refractivity contribution in [3.8, 4) is 11.5 Å². The number of nitrogens with zero attached hydrogens (tertiary/aromatic N) is 2. The first kappa shape index (κ1) is 20.9. The van der Waals surface area contributed by atoms with E-state index in [0.29, 0.717) is 38.3 Å². The lowest BCUT2D eigenvalue weighted by atomic mass is 9.89. The van der Waals surface area contributed by atoms with E-state index in [1.54, 1.807) is 0 Å². The number of carbonyl (C=O) groups is 1. The summed E-state index contributed by atoms with van der Waals surface area (Å²) in [4.78, 5) is 16.7. The van der Waals surface area contributed by atoms with Gasteiger partial charge in [0.05, 0.1) is 6.10 Å². The van der Waals surface area contributed by atoms with Crippen LogP contribution in [0.15, 0.2) is 54.6 Å². The first-order valence-electron chi connectivity index (χ1n) is 11.2. The van der Waals surface area contributed by atoms with Gasteiger partial charge in [-0.3, -0.25) is 4.79 Å². The zero-order chi connectivity index (χ0) is 20.8. The van der Waals surface area contributed by atoms with Crippen molar-refractivity contribution in [2.75, 3.05) is 32.7 Å². The molecule has 2 heterocycles. The van der Waals surface area contributed by atoms with Crippen LogP contribution in [0.2, 0.25) is 0 Å². The molecule has 2 aromatic rings. The van der Waals surface area contributed by atoms with Crippen LogP contribution in [0.5, 0.6) is 11.5 Å². The first-order chi connectivity index (χ1) is 14.7. The van der Waals surface area contributed by atoms with Gasteiger partial charge >= 0.3 is 0 Å². The van der Waals surface area contributed by atoms with Crippen molar-refractivity contribution in [1.82, 2.24) is 9.80 Å². The van der Waals surface area contributed by atoms with Crippen LogP contribution in [0.3, 0.4) is 0 Å². The topological polar surface area (TPSA) is 53.0 Å². The van der Waals surface area contributed by atoms with E-state index in [4.69, 9.17) is 4.74 Å². The van der Waals surface area contributed by atoms with Crippen molar-refractivity contribution in [2.24, 2.45) is 0 Å². The van der Waals surface area contributed by atoms with E-state index >= 15 is 0 Å². The Labute approximate surface area is 179 Å². The Kier molecular flexibility index (Phi) is 7.03. The van der Waals surface area contributed by atoms with Gasteiger partial charge in [-0.05, 0) is 74.5 Å². The van der Waals surface area contributed by atoms with E-state index in [0.717, 1.165) is 44.0 Å². The third-order valence-electron chi connectivity index (χ3n) is 6.38. The average Bonchev–Trinajstić information content (AvgIpc) is 2.79. The van der Waals surface area contributed by atoms with Gasteiger partial charge in [-0.15, -0.1) is 0 Å². The van der Waals surface area contributed by atoms with Gasteiger partial charge in [-0.25, -0.2) is 0 Å². The minimum absolute atomic E-state index is 0.230. The lowest BCUT2D eigenvalue weighted by Gasteiger charge is -2.33. The summed E-state index contributed by atoms with van der Waals surface area (Å²) in [7, 11) is 0. The molecule has 5 nitrogen and oxygen atoms in total. The number of benzene rings is 2. The van der Waals surface area contributed by atoms with E-state index in [2.05, 4.69) is 29.2 Å². The molecule has 2 saturated heterocycles. The van der Waals surface area contributed by atoms with Crippen LogP contribution in [0.25, 0.3) is 0 Å². The Balaban J connectivity index is 1.20. The molecule has 0 radical (unpaired) electrons. The predicted molar refractivity (Wildman–Crippen MR) is 118 cm³/mol. The molecule has 160 valence electrons. The Bertz CT molecular complexity index is 793. The molecule has 5 heteroatoms. The smallest absolute Gasteiger partial charge is 0.223 e. The largest absolute Gasteiger partial charge is 0.457 e. The zero-order valence-corrected chi connectivity index (χ0v) is 17.6. The molecular weight excluding hydrogens is 376 g/mol. The van der Waals surface area contributed by atoms with Crippen LogP contribution < -0.4 is 4.74 Å². The Morgan fingerprint density at radius 1 is 0.867 bits per heavy atom. The summed E-state index contributed by atoms with van der Waals surface area (Å²) in [6, 6.07) is 18.3. The second-order valence-corrected chi connectivity index (χ2v) is 8.46. The number of amides is 1. The molecule has 0 unspecified atom stereocenters. The van der Waals surface area contributed by atoms with Gasteiger partial charge in [0.25, 0.3) is 0 Å². The molecule has 2 aliphatic heterocycles. The molecule has 1 N–H and O–H groups in total. The van der Waals surface area contributed by atoms with E-state index in [-0.39, 0.29) is 12.0 Å². The van der Waals surface area contributed by atoms with Crippen LogP contribution in [0.1, 0.15) is 43.6 Å². The fraction of sp³-hybridized carbons (Fsp3) is 0.480. The van der Waals surface area contributed by atoms with Gasteiger partial charge in [0, 0.05) is 26.1 Å². The lowest BCUT2D eigenvalue weighted by Crippen LogP contribution is -2.42. The van der Waals surface area contributed by atoms with Crippen molar-refractivity contribution in [2.45, 2.75) is 44.1 Å². The highest BCUT2D eigenvalue weighted by molar-refractivity contribution is 5.76. The number of hydrogen-bond acceptors (Lipinski definition) is 4. The number of ether oxygens (including phenoxy) is 1. The highest BCUT2D eigenvalue weighted by atomic mass is 16.5. The maximum absolute atomic E-state index is 12.4. The van der Waals surface area contributed by atoms with E-state index in [1.165, 1.54) is 5.56 Å². The van der Waals surface area contributed by atoms with Crippen LogP contribution in [-0.2, 0) is 4.79 Å². The van der Waals surface area contributed by atoms with Crippen LogP contribution >= 0.6 is 0 Å². The molecule has 2 fully saturated rings. The number of aliphatic hydroxyl groups excluding tert-OH is 1. The molecule has 0 saturated carbocycles. The van der Waals surface area contributed by atoms with E-state index < -0.39 is 0 Å². The summed E-state index contributed by atoms with van der Waals surface area (Å²) in [5.74, 6) is 2.53. The fourth-order valence-corrected chi connectivity index (χ4v) is 4.45. The van der Waals surface area contributed by atoms with Gasteiger partial charge in [0.15, 0.2) is 0 Å². The van der Waals surface area contributed by atoms with Crippen molar-refractivity contribution >= 4 is 5.91 Å². The summed E-state index contributed by atoms with van der Waals surface area (Å²) in [5, 5.41) is 9.59. The van der Waals surface area contributed by atoms with Gasteiger partial charge in [0.2, 0.25) is 5.91 Å². The Morgan fingerprint density at radius 3 is 2.17 bits per heavy atom. The number of likely N-dealkylation sites (tertiary alicyclic amines) is 2. The van der Waals surface area contributed by atoms with Crippen molar-refractivity contribution < 1.29 is 14.6 Å². The molecule has 0 aromatic heterocycles. The molecule has 0 atom stereocenters. The number of para-hydroxylation sites is 1. The lowest BCUT2D eigenvalue weighted by molar-refractivity contribution is -0.133. The van der Waals surface area contributed by atoms with Crippen molar-refractivity contribution in [3.63, 3.8) is 0 Å². The number of rotatable bonds is 6. The summed E-state index contributed by atoms with van der Waals surface area (Å²) < 4.78 is 5.89. The standard InChI is InChI=1S/C25H32N2O3/c28-22-12-18-27(19-13-22)25(29)14-17-26-15-10-21(11-16-26)20-6-8-24(9-7-20)30-23-4-2-1-3-5-23/h1-9,21-22,28H,10-19H2. The van der Waals surface area contributed by atoms with Gasteiger partial charge in [-0.2, -0.15) is 0 Å². The highest BCUT2D eigenvalue weighted by Crippen LogP contribution is 2.30.